The molecule has 1 aromatic heterocycles. The van der Waals surface area contributed by atoms with Crippen molar-refractivity contribution in [2.75, 3.05) is 44.2 Å². The van der Waals surface area contributed by atoms with Gasteiger partial charge in [-0.1, -0.05) is 12.1 Å². The van der Waals surface area contributed by atoms with Crippen molar-refractivity contribution in [3.63, 3.8) is 0 Å². The number of hydrogen-bond donors (Lipinski definition) is 0. The fourth-order valence-electron chi connectivity index (χ4n) is 3.53. The summed E-state index contributed by atoms with van der Waals surface area (Å²) in [6, 6.07) is 11.7. The molecular weight excluding hydrogens is 352 g/mol. The average Bonchev–Trinajstić information content (AvgIpc) is 2.74. The topological polar surface area (TPSA) is 56.8 Å². The zero-order valence-electron chi connectivity index (χ0n) is 16.9. The molecule has 1 saturated heterocycles. The standard InChI is InChI=1S/C22H28N4O2/c1-4-24(5-2)21(27)18-9-10-23-20(16-18)22(28)26-13-11-25(12-14-26)19-8-6-7-17(3)15-19/h6-10,15-16H,4-5,11-14H2,1-3H3. The number of carbonyl (C=O) groups excluding carboxylic acids is 2. The van der Waals surface area contributed by atoms with E-state index < -0.39 is 0 Å². The molecule has 2 heterocycles. The molecule has 1 fully saturated rings. The minimum atomic E-state index is -0.113. The molecule has 1 aliphatic heterocycles. The Bertz CT molecular complexity index is 840. The van der Waals surface area contributed by atoms with Crippen LogP contribution in [-0.2, 0) is 0 Å². The molecule has 0 saturated carbocycles. The van der Waals surface area contributed by atoms with Crippen molar-refractivity contribution in [1.82, 2.24) is 14.8 Å². The molecule has 0 aliphatic carbocycles. The maximum Gasteiger partial charge on any atom is 0.272 e. The van der Waals surface area contributed by atoms with E-state index in [1.54, 1.807) is 23.2 Å². The second-order valence-electron chi connectivity index (χ2n) is 7.03. The molecule has 148 valence electrons. The van der Waals surface area contributed by atoms with Crippen molar-refractivity contribution in [2.45, 2.75) is 20.8 Å². The number of pyridine rings is 1. The van der Waals surface area contributed by atoms with E-state index in [-0.39, 0.29) is 11.8 Å². The van der Waals surface area contributed by atoms with Crippen molar-refractivity contribution in [2.24, 2.45) is 0 Å². The monoisotopic (exact) mass is 380 g/mol. The molecule has 1 aromatic carbocycles. The van der Waals surface area contributed by atoms with E-state index >= 15 is 0 Å². The predicted molar refractivity (Wildman–Crippen MR) is 111 cm³/mol. The maximum atomic E-state index is 12.9. The van der Waals surface area contributed by atoms with Crippen LogP contribution in [0.25, 0.3) is 0 Å². The number of aromatic nitrogens is 1. The number of aryl methyl sites for hydroxylation is 1. The van der Waals surface area contributed by atoms with E-state index in [1.165, 1.54) is 11.3 Å². The molecular formula is C22H28N4O2. The molecule has 0 atom stereocenters. The summed E-state index contributed by atoms with van der Waals surface area (Å²) < 4.78 is 0. The second-order valence-corrected chi connectivity index (χ2v) is 7.03. The SMILES string of the molecule is CCN(CC)C(=O)c1ccnc(C(=O)N2CCN(c3cccc(C)c3)CC2)c1. The highest BCUT2D eigenvalue weighted by atomic mass is 16.2. The van der Waals surface area contributed by atoms with Crippen LogP contribution in [0.15, 0.2) is 42.6 Å². The molecule has 0 radical (unpaired) electrons. The highest BCUT2D eigenvalue weighted by molar-refractivity contribution is 5.98. The summed E-state index contributed by atoms with van der Waals surface area (Å²) in [5.74, 6) is -0.177. The first-order valence-electron chi connectivity index (χ1n) is 9.89. The Labute approximate surface area is 166 Å². The van der Waals surface area contributed by atoms with Crippen molar-refractivity contribution in [3.8, 4) is 0 Å². The van der Waals surface area contributed by atoms with Gasteiger partial charge in [-0.2, -0.15) is 0 Å². The van der Waals surface area contributed by atoms with Crippen molar-refractivity contribution in [3.05, 3.63) is 59.4 Å². The minimum Gasteiger partial charge on any atom is -0.368 e. The van der Waals surface area contributed by atoms with Crippen LogP contribution in [-0.4, -0.2) is 65.9 Å². The van der Waals surface area contributed by atoms with Gasteiger partial charge in [-0.25, -0.2) is 0 Å². The van der Waals surface area contributed by atoms with Gasteiger partial charge in [0.2, 0.25) is 0 Å². The molecule has 2 aromatic rings. The molecule has 1 aliphatic rings. The van der Waals surface area contributed by atoms with Gasteiger partial charge in [-0.05, 0) is 50.6 Å². The zero-order chi connectivity index (χ0) is 20.1. The van der Waals surface area contributed by atoms with E-state index in [2.05, 4.69) is 41.1 Å². The third-order valence-electron chi connectivity index (χ3n) is 5.21. The minimum absolute atomic E-state index is 0.0642. The first-order valence-corrected chi connectivity index (χ1v) is 9.89. The summed E-state index contributed by atoms with van der Waals surface area (Å²) in [6.45, 7) is 10.1. The Morgan fingerprint density at radius 3 is 2.39 bits per heavy atom. The average molecular weight is 380 g/mol. The van der Waals surface area contributed by atoms with Crippen LogP contribution in [0.2, 0.25) is 0 Å². The summed E-state index contributed by atoms with van der Waals surface area (Å²) in [6.07, 6.45) is 1.55. The van der Waals surface area contributed by atoms with Crippen LogP contribution < -0.4 is 4.90 Å². The second kappa shape index (κ2) is 8.87. The maximum absolute atomic E-state index is 12.9. The Balaban J connectivity index is 1.67. The number of amides is 2. The Morgan fingerprint density at radius 1 is 1.04 bits per heavy atom. The summed E-state index contributed by atoms with van der Waals surface area (Å²) in [5.41, 5.74) is 3.27. The number of rotatable bonds is 5. The lowest BCUT2D eigenvalue weighted by Gasteiger charge is -2.36. The molecule has 0 unspecified atom stereocenters. The lowest BCUT2D eigenvalue weighted by Crippen LogP contribution is -2.49. The number of carbonyl (C=O) groups is 2. The predicted octanol–water partition coefficient (Wildman–Crippen LogP) is 2.83. The normalized spacial score (nSPS) is 14.1. The summed E-state index contributed by atoms with van der Waals surface area (Å²) in [5, 5.41) is 0. The van der Waals surface area contributed by atoms with Gasteiger partial charge in [0.15, 0.2) is 0 Å². The van der Waals surface area contributed by atoms with Crippen LogP contribution >= 0.6 is 0 Å². The number of hydrogen-bond acceptors (Lipinski definition) is 4. The fourth-order valence-corrected chi connectivity index (χ4v) is 3.53. The van der Waals surface area contributed by atoms with E-state index in [0.29, 0.717) is 37.4 Å². The first kappa shape index (κ1) is 19.9. The van der Waals surface area contributed by atoms with Gasteiger partial charge in [0.25, 0.3) is 11.8 Å². The van der Waals surface area contributed by atoms with E-state index in [0.717, 1.165) is 13.1 Å². The highest BCUT2D eigenvalue weighted by Gasteiger charge is 2.24. The molecule has 0 N–H and O–H groups in total. The van der Waals surface area contributed by atoms with Gasteiger partial charge in [0.05, 0.1) is 0 Å². The molecule has 6 heteroatoms. The van der Waals surface area contributed by atoms with E-state index in [9.17, 15) is 9.59 Å². The van der Waals surface area contributed by atoms with Gasteiger partial charge in [-0.15, -0.1) is 0 Å². The number of nitrogens with zero attached hydrogens (tertiary/aromatic N) is 4. The molecule has 2 amide bonds. The highest BCUT2D eigenvalue weighted by Crippen LogP contribution is 2.18. The number of benzene rings is 1. The lowest BCUT2D eigenvalue weighted by atomic mass is 10.1. The molecule has 0 spiro atoms. The third-order valence-corrected chi connectivity index (χ3v) is 5.21. The van der Waals surface area contributed by atoms with Crippen LogP contribution in [0.4, 0.5) is 5.69 Å². The summed E-state index contributed by atoms with van der Waals surface area (Å²) >= 11 is 0. The van der Waals surface area contributed by atoms with Crippen LogP contribution in [0.3, 0.4) is 0 Å². The van der Waals surface area contributed by atoms with Crippen LogP contribution in [0.5, 0.6) is 0 Å². The number of piperazine rings is 1. The Hall–Kier alpha value is -2.89. The van der Waals surface area contributed by atoms with E-state index in [1.807, 2.05) is 18.7 Å². The molecule has 6 nitrogen and oxygen atoms in total. The van der Waals surface area contributed by atoms with Crippen molar-refractivity contribution in [1.29, 1.82) is 0 Å². The van der Waals surface area contributed by atoms with Crippen molar-refractivity contribution >= 4 is 17.5 Å². The van der Waals surface area contributed by atoms with Gasteiger partial charge < -0.3 is 14.7 Å². The largest absolute Gasteiger partial charge is 0.368 e. The third kappa shape index (κ3) is 4.32. The quantitative estimate of drug-likeness (QED) is 0.800. The van der Waals surface area contributed by atoms with Gasteiger partial charge >= 0.3 is 0 Å². The fraction of sp³-hybridized carbons (Fsp3) is 0.409. The summed E-state index contributed by atoms with van der Waals surface area (Å²) in [7, 11) is 0. The molecule has 28 heavy (non-hydrogen) atoms. The summed E-state index contributed by atoms with van der Waals surface area (Å²) in [4.78, 5) is 35.5. The number of anilines is 1. The first-order chi connectivity index (χ1) is 13.5. The molecule has 3 rings (SSSR count). The Kier molecular flexibility index (Phi) is 6.29. The molecule has 0 bridgehead atoms. The van der Waals surface area contributed by atoms with Crippen LogP contribution in [0.1, 0.15) is 40.3 Å². The van der Waals surface area contributed by atoms with Gasteiger partial charge in [0.1, 0.15) is 5.69 Å². The van der Waals surface area contributed by atoms with Gasteiger partial charge in [0, 0.05) is 56.7 Å². The zero-order valence-corrected chi connectivity index (χ0v) is 16.9. The lowest BCUT2D eigenvalue weighted by molar-refractivity contribution is 0.0740. The van der Waals surface area contributed by atoms with Crippen molar-refractivity contribution < 1.29 is 9.59 Å². The smallest absolute Gasteiger partial charge is 0.272 e. The Morgan fingerprint density at radius 2 is 1.75 bits per heavy atom. The van der Waals surface area contributed by atoms with Gasteiger partial charge in [-0.3, -0.25) is 14.6 Å². The van der Waals surface area contributed by atoms with Crippen LogP contribution in [0, 0.1) is 6.92 Å². The van der Waals surface area contributed by atoms with E-state index in [4.69, 9.17) is 0 Å².